The smallest absolute Gasteiger partial charge is 0.409 e. The average Bonchev–Trinajstić information content (AvgIpc) is 2.97. The molecule has 0 aromatic carbocycles. The van der Waals surface area contributed by atoms with E-state index in [1.807, 2.05) is 0 Å². The van der Waals surface area contributed by atoms with Crippen LogP contribution in [0, 0.1) is 0 Å². The molecule has 0 spiro atoms. The van der Waals surface area contributed by atoms with Gasteiger partial charge in [0.15, 0.2) is 6.39 Å². The first kappa shape index (κ1) is 20.5. The molecule has 0 saturated heterocycles. The normalized spacial score (nSPS) is 11.6. The second-order valence-corrected chi connectivity index (χ2v) is 6.12. The molecule has 0 bridgehead atoms. The molecule has 9 heteroatoms. The molecule has 0 atom stereocenters. The molecule has 140 valence electrons. The lowest BCUT2D eigenvalue weighted by atomic mass is 9.94. The van der Waals surface area contributed by atoms with Gasteiger partial charge in [0, 0.05) is 0 Å². The zero-order valence-corrected chi connectivity index (χ0v) is 15.1. The molecule has 9 nitrogen and oxygen atoms in total. The van der Waals surface area contributed by atoms with Crippen LogP contribution in [-0.2, 0) is 30.2 Å². The number of aromatic nitrogens is 1. The number of ether oxygens (including phenoxy) is 3. The fourth-order valence-corrected chi connectivity index (χ4v) is 1.95. The third kappa shape index (κ3) is 5.77. The molecule has 1 heterocycles. The maximum absolute atomic E-state index is 12.6. The summed E-state index contributed by atoms with van der Waals surface area (Å²) in [5.74, 6) is -1.76. The lowest BCUT2D eigenvalue weighted by Crippen LogP contribution is -2.63. The Morgan fingerprint density at radius 1 is 1.12 bits per heavy atom. The Morgan fingerprint density at radius 3 is 2.08 bits per heavy atom. The summed E-state index contributed by atoms with van der Waals surface area (Å²) < 4.78 is 20.2. The predicted molar refractivity (Wildman–Crippen MR) is 85.6 cm³/mol. The van der Waals surface area contributed by atoms with E-state index >= 15 is 0 Å². The summed E-state index contributed by atoms with van der Waals surface area (Å²) in [4.78, 5) is 41.1. The van der Waals surface area contributed by atoms with Gasteiger partial charge in [0.05, 0.1) is 25.8 Å². The third-order valence-electron chi connectivity index (χ3n) is 2.88. The Hall–Kier alpha value is -2.58. The van der Waals surface area contributed by atoms with E-state index in [0.29, 0.717) is 0 Å². The molecule has 1 rings (SSSR count). The van der Waals surface area contributed by atoms with E-state index in [2.05, 4.69) is 10.3 Å². The SMILES string of the molecule is CCOC(=O)C(Cc1cnco1)(NC(=O)OC(C)(C)C)C(=O)OCC. The Morgan fingerprint density at radius 2 is 1.68 bits per heavy atom. The maximum Gasteiger partial charge on any atom is 0.409 e. The van der Waals surface area contributed by atoms with Crippen molar-refractivity contribution in [3.05, 3.63) is 18.4 Å². The Labute approximate surface area is 146 Å². The lowest BCUT2D eigenvalue weighted by Gasteiger charge is -2.30. The van der Waals surface area contributed by atoms with E-state index in [-0.39, 0.29) is 25.4 Å². The van der Waals surface area contributed by atoms with Gasteiger partial charge in [0.25, 0.3) is 0 Å². The monoisotopic (exact) mass is 356 g/mol. The van der Waals surface area contributed by atoms with Crippen LogP contribution in [0.5, 0.6) is 0 Å². The van der Waals surface area contributed by atoms with E-state index in [4.69, 9.17) is 18.6 Å². The Kier molecular flexibility index (Phi) is 6.96. The molecule has 0 aliphatic carbocycles. The number of oxazole rings is 1. The minimum atomic E-state index is -2.14. The molecule has 1 amide bonds. The zero-order valence-electron chi connectivity index (χ0n) is 15.1. The van der Waals surface area contributed by atoms with Gasteiger partial charge in [-0.3, -0.25) is 5.32 Å². The minimum absolute atomic E-state index is 0.00634. The second-order valence-electron chi connectivity index (χ2n) is 6.12. The first-order valence-electron chi connectivity index (χ1n) is 7.87. The van der Waals surface area contributed by atoms with E-state index < -0.39 is 29.2 Å². The number of nitrogens with one attached hydrogen (secondary N) is 1. The van der Waals surface area contributed by atoms with Gasteiger partial charge in [-0.05, 0) is 34.6 Å². The minimum Gasteiger partial charge on any atom is -0.464 e. The number of nitrogens with zero attached hydrogens (tertiary/aromatic N) is 1. The number of alkyl carbamates (subject to hydrolysis) is 1. The Bertz CT molecular complexity index is 572. The topological polar surface area (TPSA) is 117 Å². The van der Waals surface area contributed by atoms with Crippen molar-refractivity contribution >= 4 is 18.0 Å². The van der Waals surface area contributed by atoms with Crippen LogP contribution in [0.25, 0.3) is 0 Å². The molecule has 1 aromatic rings. The first-order valence-corrected chi connectivity index (χ1v) is 7.87. The van der Waals surface area contributed by atoms with Crippen molar-refractivity contribution in [2.45, 2.75) is 52.2 Å². The molecule has 0 saturated carbocycles. The molecule has 1 aromatic heterocycles. The van der Waals surface area contributed by atoms with Gasteiger partial charge in [0.1, 0.15) is 11.4 Å². The summed E-state index contributed by atoms with van der Waals surface area (Å²) in [5.41, 5.74) is -2.97. The highest BCUT2D eigenvalue weighted by atomic mass is 16.6. The van der Waals surface area contributed by atoms with Crippen molar-refractivity contribution in [2.75, 3.05) is 13.2 Å². The molecule has 0 aliphatic rings. The molecular formula is C16H24N2O7. The summed E-state index contributed by atoms with van der Waals surface area (Å²) in [5, 5.41) is 2.30. The maximum atomic E-state index is 12.6. The molecule has 1 N–H and O–H groups in total. The fourth-order valence-electron chi connectivity index (χ4n) is 1.95. The van der Waals surface area contributed by atoms with Crippen LogP contribution in [0.15, 0.2) is 17.0 Å². The number of carbonyl (C=O) groups excluding carboxylic acids is 3. The Balaban J connectivity index is 3.24. The predicted octanol–water partition coefficient (Wildman–Crippen LogP) is 1.61. The number of rotatable bonds is 7. The molecule has 25 heavy (non-hydrogen) atoms. The third-order valence-corrected chi connectivity index (χ3v) is 2.88. The van der Waals surface area contributed by atoms with Gasteiger partial charge in [-0.25, -0.2) is 19.4 Å². The van der Waals surface area contributed by atoms with E-state index in [1.54, 1.807) is 34.6 Å². The summed E-state index contributed by atoms with van der Waals surface area (Å²) in [6, 6.07) is 0. The first-order chi connectivity index (χ1) is 11.6. The van der Waals surface area contributed by atoms with Gasteiger partial charge in [0.2, 0.25) is 5.54 Å². The molecular weight excluding hydrogens is 332 g/mol. The highest BCUT2D eigenvalue weighted by molar-refractivity contribution is 6.07. The van der Waals surface area contributed by atoms with Crippen LogP contribution in [0.3, 0.4) is 0 Å². The molecule has 0 radical (unpaired) electrons. The summed E-state index contributed by atoms with van der Waals surface area (Å²) in [6.45, 7) is 8.13. The quantitative estimate of drug-likeness (QED) is 0.445. The van der Waals surface area contributed by atoms with E-state index in [0.717, 1.165) is 6.39 Å². The highest BCUT2D eigenvalue weighted by Crippen LogP contribution is 2.20. The average molecular weight is 356 g/mol. The van der Waals surface area contributed by atoms with Crippen molar-refractivity contribution < 1.29 is 33.0 Å². The van der Waals surface area contributed by atoms with Gasteiger partial charge in [-0.15, -0.1) is 0 Å². The van der Waals surface area contributed by atoms with Crippen molar-refractivity contribution in [2.24, 2.45) is 0 Å². The number of hydrogen-bond donors (Lipinski definition) is 1. The fraction of sp³-hybridized carbons (Fsp3) is 0.625. The summed E-state index contributed by atoms with van der Waals surface area (Å²) >= 11 is 0. The van der Waals surface area contributed by atoms with E-state index in [9.17, 15) is 14.4 Å². The number of amides is 1. The van der Waals surface area contributed by atoms with Crippen molar-refractivity contribution in [3.8, 4) is 0 Å². The molecule has 0 aliphatic heterocycles. The number of carbonyl (C=O) groups is 3. The second kappa shape index (κ2) is 8.50. The molecule has 0 fully saturated rings. The number of esters is 2. The molecule has 0 unspecified atom stereocenters. The van der Waals surface area contributed by atoms with Gasteiger partial charge in [-0.2, -0.15) is 0 Å². The van der Waals surface area contributed by atoms with Crippen LogP contribution in [0.1, 0.15) is 40.4 Å². The van der Waals surface area contributed by atoms with Crippen LogP contribution >= 0.6 is 0 Å². The van der Waals surface area contributed by atoms with Gasteiger partial charge in [-0.1, -0.05) is 0 Å². The summed E-state index contributed by atoms with van der Waals surface area (Å²) in [7, 11) is 0. The summed E-state index contributed by atoms with van der Waals surface area (Å²) in [6.07, 6.45) is 1.17. The van der Waals surface area contributed by atoms with Crippen LogP contribution < -0.4 is 5.32 Å². The lowest BCUT2D eigenvalue weighted by molar-refractivity contribution is -0.166. The van der Waals surface area contributed by atoms with Gasteiger partial charge >= 0.3 is 18.0 Å². The van der Waals surface area contributed by atoms with Crippen molar-refractivity contribution in [1.29, 1.82) is 0 Å². The van der Waals surface area contributed by atoms with Gasteiger partial charge < -0.3 is 18.6 Å². The van der Waals surface area contributed by atoms with Crippen molar-refractivity contribution in [3.63, 3.8) is 0 Å². The zero-order chi connectivity index (χ0) is 19.1. The van der Waals surface area contributed by atoms with Crippen LogP contribution in [0.4, 0.5) is 4.79 Å². The largest absolute Gasteiger partial charge is 0.464 e. The van der Waals surface area contributed by atoms with Crippen molar-refractivity contribution in [1.82, 2.24) is 10.3 Å². The standard InChI is InChI=1S/C16H24N2O7/c1-6-22-12(19)16(13(20)23-7-2,8-11-9-17-10-24-11)18-14(21)25-15(3,4)5/h9-10H,6-8H2,1-5H3,(H,18,21). The van der Waals surface area contributed by atoms with Crippen LogP contribution in [-0.4, -0.2) is 47.4 Å². The number of hydrogen-bond acceptors (Lipinski definition) is 8. The van der Waals surface area contributed by atoms with Crippen LogP contribution in [0.2, 0.25) is 0 Å². The van der Waals surface area contributed by atoms with E-state index in [1.165, 1.54) is 6.20 Å². The highest BCUT2D eigenvalue weighted by Gasteiger charge is 2.52.